The van der Waals surface area contributed by atoms with Gasteiger partial charge in [-0.2, -0.15) is 0 Å². The second-order valence-electron chi connectivity index (χ2n) is 6.29. The molecule has 0 aliphatic heterocycles. The lowest BCUT2D eigenvalue weighted by Gasteiger charge is -2.05. The van der Waals surface area contributed by atoms with Crippen molar-refractivity contribution in [3.8, 4) is 17.1 Å². The normalized spacial score (nSPS) is 11.8. The summed E-state index contributed by atoms with van der Waals surface area (Å²) in [5.41, 5.74) is 3.89. The highest BCUT2D eigenvalue weighted by Gasteiger charge is 2.18. The summed E-state index contributed by atoms with van der Waals surface area (Å²) < 4.78 is 25.9. The fraction of sp³-hybridized carbons (Fsp3) is 0.100. The predicted octanol–water partition coefficient (Wildman–Crippen LogP) is 3.80. The summed E-state index contributed by atoms with van der Waals surface area (Å²) in [4.78, 5) is 9.19. The topological polar surface area (TPSA) is 64.8 Å². The van der Waals surface area contributed by atoms with Gasteiger partial charge in [0.15, 0.2) is 9.84 Å². The van der Waals surface area contributed by atoms with Gasteiger partial charge in [-0.15, -0.1) is 0 Å². The first-order valence-electron chi connectivity index (χ1n) is 8.13. The molecular formula is C20H17N3O2S. The molecule has 4 rings (SSSR count). The van der Waals surface area contributed by atoms with Crippen molar-refractivity contribution in [1.29, 1.82) is 0 Å². The van der Waals surface area contributed by atoms with E-state index in [0.29, 0.717) is 11.3 Å². The van der Waals surface area contributed by atoms with Gasteiger partial charge in [0, 0.05) is 35.8 Å². The van der Waals surface area contributed by atoms with Crippen molar-refractivity contribution in [3.05, 3.63) is 72.7 Å². The Bertz CT molecular complexity index is 1210. The first kappa shape index (κ1) is 16.5. The van der Waals surface area contributed by atoms with Crippen molar-refractivity contribution in [1.82, 2.24) is 14.5 Å². The highest BCUT2D eigenvalue weighted by Crippen LogP contribution is 2.27. The number of benzene rings is 2. The van der Waals surface area contributed by atoms with E-state index >= 15 is 0 Å². The average molecular weight is 363 g/mol. The van der Waals surface area contributed by atoms with Crippen LogP contribution in [0.2, 0.25) is 0 Å². The maximum atomic E-state index is 12.1. The van der Waals surface area contributed by atoms with E-state index in [2.05, 4.69) is 16.0 Å². The smallest absolute Gasteiger partial charge is 0.234 e. The van der Waals surface area contributed by atoms with Crippen LogP contribution in [0, 0.1) is 6.92 Å². The molecule has 4 aromatic rings. The van der Waals surface area contributed by atoms with Crippen LogP contribution in [0.15, 0.2) is 72.0 Å². The second-order valence-corrected chi connectivity index (χ2v) is 8.28. The maximum Gasteiger partial charge on any atom is 0.234 e. The molecule has 0 aliphatic carbocycles. The fourth-order valence-electron chi connectivity index (χ4n) is 3.03. The third-order valence-corrected chi connectivity index (χ3v) is 5.40. The van der Waals surface area contributed by atoms with Gasteiger partial charge in [-0.3, -0.25) is 4.57 Å². The van der Waals surface area contributed by atoms with E-state index in [9.17, 15) is 8.42 Å². The molecule has 130 valence electrons. The van der Waals surface area contributed by atoms with E-state index in [4.69, 9.17) is 0 Å². The summed E-state index contributed by atoms with van der Waals surface area (Å²) in [7, 11) is -3.35. The maximum absolute atomic E-state index is 12.1. The largest absolute Gasteiger partial charge is 0.284 e. The molecule has 0 spiro atoms. The minimum Gasteiger partial charge on any atom is -0.284 e. The Balaban J connectivity index is 1.84. The fourth-order valence-corrected chi connectivity index (χ4v) is 3.90. The molecule has 0 saturated carbocycles. The van der Waals surface area contributed by atoms with Gasteiger partial charge in [-0.05, 0) is 18.6 Å². The summed E-state index contributed by atoms with van der Waals surface area (Å²) in [5.74, 6) is 0.438. The zero-order valence-electron chi connectivity index (χ0n) is 14.4. The second kappa shape index (κ2) is 6.07. The molecule has 2 aromatic heterocycles. The minimum absolute atomic E-state index is 0.277. The zero-order valence-corrected chi connectivity index (χ0v) is 15.2. The molecule has 0 unspecified atom stereocenters. The molecule has 5 nitrogen and oxygen atoms in total. The number of rotatable bonds is 3. The number of hydrogen-bond acceptors (Lipinski definition) is 4. The Morgan fingerprint density at radius 3 is 2.35 bits per heavy atom. The van der Waals surface area contributed by atoms with E-state index in [0.717, 1.165) is 16.6 Å². The van der Waals surface area contributed by atoms with Crippen LogP contribution >= 0.6 is 0 Å². The van der Waals surface area contributed by atoms with Crippen molar-refractivity contribution in [2.75, 3.05) is 6.26 Å². The van der Waals surface area contributed by atoms with Crippen LogP contribution in [0.5, 0.6) is 0 Å². The Morgan fingerprint density at radius 1 is 0.923 bits per heavy atom. The zero-order chi connectivity index (χ0) is 18.3. The average Bonchev–Trinajstić information content (AvgIpc) is 3.02. The Labute approximate surface area is 151 Å². The van der Waals surface area contributed by atoms with Crippen molar-refractivity contribution in [2.45, 2.75) is 11.8 Å². The van der Waals surface area contributed by atoms with Crippen molar-refractivity contribution in [2.24, 2.45) is 0 Å². The third-order valence-electron chi connectivity index (χ3n) is 4.28. The summed E-state index contributed by atoms with van der Waals surface area (Å²) in [6.45, 7) is 2.04. The van der Waals surface area contributed by atoms with Crippen molar-refractivity contribution < 1.29 is 8.42 Å². The molecule has 0 aliphatic rings. The van der Waals surface area contributed by atoms with E-state index in [1.165, 1.54) is 11.8 Å². The number of aryl methyl sites for hydroxylation is 1. The number of para-hydroxylation sites is 1. The minimum atomic E-state index is -3.35. The number of aromatic nitrogens is 3. The predicted molar refractivity (Wildman–Crippen MR) is 102 cm³/mol. The van der Waals surface area contributed by atoms with E-state index < -0.39 is 9.84 Å². The standard InChI is InChI=1S/C20H17N3O2S/c1-14-6-5-7-15(10-14)16-11-21-20(22-12-16)23-13-19(26(2,24)25)17-8-3-4-9-18(17)23/h3-13H,1-2H3. The van der Waals surface area contributed by atoms with Gasteiger partial charge in [0.05, 0.1) is 10.4 Å². The number of nitrogens with zero attached hydrogens (tertiary/aromatic N) is 3. The molecule has 6 heteroatoms. The highest BCUT2D eigenvalue weighted by molar-refractivity contribution is 7.91. The van der Waals surface area contributed by atoms with Crippen molar-refractivity contribution in [3.63, 3.8) is 0 Å². The molecule has 0 fully saturated rings. The summed E-state index contributed by atoms with van der Waals surface area (Å²) in [5, 5.41) is 0.668. The van der Waals surface area contributed by atoms with Crippen LogP contribution in [-0.4, -0.2) is 29.2 Å². The van der Waals surface area contributed by atoms with Crippen molar-refractivity contribution >= 4 is 20.7 Å². The van der Waals surface area contributed by atoms with Gasteiger partial charge in [0.2, 0.25) is 5.95 Å². The summed E-state index contributed by atoms with van der Waals surface area (Å²) in [6.07, 6.45) is 6.31. The molecule has 0 saturated heterocycles. The van der Waals surface area contributed by atoms with Crippen LogP contribution in [0.4, 0.5) is 0 Å². The van der Waals surface area contributed by atoms with Gasteiger partial charge in [0.25, 0.3) is 0 Å². The quantitative estimate of drug-likeness (QED) is 0.555. The molecule has 2 heterocycles. The summed E-state index contributed by atoms with van der Waals surface area (Å²) >= 11 is 0. The van der Waals surface area contributed by atoms with Crippen LogP contribution in [0.25, 0.3) is 28.0 Å². The Kier molecular flexibility index (Phi) is 3.85. The monoisotopic (exact) mass is 363 g/mol. The first-order valence-corrected chi connectivity index (χ1v) is 10.0. The van der Waals surface area contributed by atoms with Crippen LogP contribution < -0.4 is 0 Å². The molecule has 0 atom stereocenters. The van der Waals surface area contributed by atoms with E-state index in [1.54, 1.807) is 29.2 Å². The first-order chi connectivity index (χ1) is 12.4. The third kappa shape index (κ3) is 2.88. The molecule has 0 N–H and O–H groups in total. The SMILES string of the molecule is Cc1cccc(-c2cnc(-n3cc(S(C)(=O)=O)c4ccccc43)nc2)c1. The van der Waals surface area contributed by atoms with E-state index in [-0.39, 0.29) is 4.90 Å². The molecular weight excluding hydrogens is 346 g/mol. The van der Waals surface area contributed by atoms with Gasteiger partial charge in [-0.25, -0.2) is 18.4 Å². The molecule has 26 heavy (non-hydrogen) atoms. The Morgan fingerprint density at radius 2 is 1.65 bits per heavy atom. The summed E-state index contributed by atoms with van der Waals surface area (Å²) in [6, 6.07) is 15.5. The molecule has 0 bridgehead atoms. The number of hydrogen-bond donors (Lipinski definition) is 0. The molecule has 0 radical (unpaired) electrons. The number of fused-ring (bicyclic) bond motifs is 1. The van der Waals surface area contributed by atoms with Gasteiger partial charge < -0.3 is 0 Å². The van der Waals surface area contributed by atoms with Crippen LogP contribution in [0.1, 0.15) is 5.56 Å². The van der Waals surface area contributed by atoms with Gasteiger partial charge >= 0.3 is 0 Å². The molecule has 0 amide bonds. The lowest BCUT2D eigenvalue weighted by molar-refractivity contribution is 0.602. The van der Waals surface area contributed by atoms with Gasteiger partial charge in [0.1, 0.15) is 0 Å². The Hall–Kier alpha value is -2.99. The number of sulfone groups is 1. The molecule has 2 aromatic carbocycles. The van der Waals surface area contributed by atoms with E-state index in [1.807, 2.05) is 43.3 Å². The van der Waals surface area contributed by atoms with Gasteiger partial charge in [-0.1, -0.05) is 48.0 Å². The lowest BCUT2D eigenvalue weighted by atomic mass is 10.1. The van der Waals surface area contributed by atoms with Crippen LogP contribution in [-0.2, 0) is 9.84 Å². The lowest BCUT2D eigenvalue weighted by Crippen LogP contribution is -2.00. The van der Waals surface area contributed by atoms with Crippen LogP contribution in [0.3, 0.4) is 0 Å². The highest BCUT2D eigenvalue weighted by atomic mass is 32.2.